The molecule has 0 spiro atoms. The summed E-state index contributed by atoms with van der Waals surface area (Å²) in [4.78, 5) is 0. The molecule has 0 unspecified atom stereocenters. The number of rotatable bonds is 5. The maximum Gasteiger partial charge on any atom is 0.167 e. The summed E-state index contributed by atoms with van der Waals surface area (Å²) in [5.74, 6) is -1.02. The Morgan fingerprint density at radius 2 is 1.90 bits per heavy atom. The van der Waals surface area contributed by atoms with Crippen LogP contribution in [0, 0.1) is 11.6 Å². The van der Waals surface area contributed by atoms with Crippen molar-refractivity contribution in [1.82, 2.24) is 5.32 Å². The highest BCUT2D eigenvalue weighted by molar-refractivity contribution is 9.10. The smallest absolute Gasteiger partial charge is 0.167 e. The number of benzene rings is 2. The lowest BCUT2D eigenvalue weighted by atomic mass is 10.2. The Hall–Kier alpha value is -1.46. The van der Waals surface area contributed by atoms with Crippen LogP contribution in [0.2, 0.25) is 0 Å². The summed E-state index contributed by atoms with van der Waals surface area (Å²) < 4.78 is 33.9. The molecular weight excluding hydrogens is 340 g/mol. The lowest BCUT2D eigenvalue weighted by Crippen LogP contribution is -2.22. The molecule has 2 rings (SSSR count). The van der Waals surface area contributed by atoms with Gasteiger partial charge in [0.2, 0.25) is 0 Å². The largest absolute Gasteiger partial charge is 0.451 e. The maximum absolute atomic E-state index is 14.0. The second-order valence-electron chi connectivity index (χ2n) is 4.94. The maximum atomic E-state index is 14.0. The second kappa shape index (κ2) is 7.00. The van der Waals surface area contributed by atoms with E-state index in [0.717, 1.165) is 0 Å². The molecule has 0 bridgehead atoms. The van der Waals surface area contributed by atoms with E-state index < -0.39 is 11.6 Å². The quantitative estimate of drug-likeness (QED) is 0.813. The van der Waals surface area contributed by atoms with Crippen molar-refractivity contribution >= 4 is 15.9 Å². The highest BCUT2D eigenvalue weighted by Crippen LogP contribution is 2.31. The summed E-state index contributed by atoms with van der Waals surface area (Å²) in [5, 5.41) is 3.19. The van der Waals surface area contributed by atoms with Gasteiger partial charge in [0.05, 0.1) is 0 Å². The lowest BCUT2D eigenvalue weighted by molar-refractivity contribution is 0.406. The summed E-state index contributed by atoms with van der Waals surface area (Å²) in [7, 11) is 0. The van der Waals surface area contributed by atoms with Crippen molar-refractivity contribution in [2.45, 2.75) is 26.4 Å². The van der Waals surface area contributed by atoms with Gasteiger partial charge in [-0.3, -0.25) is 0 Å². The molecule has 112 valence electrons. The number of hydrogen-bond acceptors (Lipinski definition) is 2. The van der Waals surface area contributed by atoms with E-state index in [4.69, 9.17) is 4.74 Å². The molecule has 2 aromatic rings. The predicted octanol–water partition coefficient (Wildman–Crippen LogP) is 5.02. The third-order valence-electron chi connectivity index (χ3n) is 2.86. The van der Waals surface area contributed by atoms with Crippen LogP contribution in [0.1, 0.15) is 19.4 Å². The molecule has 0 atom stereocenters. The minimum Gasteiger partial charge on any atom is -0.451 e. The Balaban J connectivity index is 2.29. The molecule has 0 aliphatic heterocycles. The zero-order valence-electron chi connectivity index (χ0n) is 11.8. The minimum absolute atomic E-state index is 0.00547. The van der Waals surface area contributed by atoms with E-state index in [1.807, 2.05) is 13.8 Å². The molecule has 0 aliphatic carbocycles. The van der Waals surface area contributed by atoms with Crippen LogP contribution in [-0.2, 0) is 6.54 Å². The molecule has 21 heavy (non-hydrogen) atoms. The van der Waals surface area contributed by atoms with E-state index in [2.05, 4.69) is 21.2 Å². The third-order valence-corrected chi connectivity index (χ3v) is 3.35. The fourth-order valence-corrected chi connectivity index (χ4v) is 2.12. The van der Waals surface area contributed by atoms with E-state index in [9.17, 15) is 8.78 Å². The van der Waals surface area contributed by atoms with E-state index in [0.29, 0.717) is 16.6 Å². The van der Waals surface area contributed by atoms with Gasteiger partial charge in [0.1, 0.15) is 0 Å². The van der Waals surface area contributed by atoms with Crippen molar-refractivity contribution in [3.8, 4) is 11.5 Å². The van der Waals surface area contributed by atoms with E-state index >= 15 is 0 Å². The lowest BCUT2D eigenvalue weighted by Gasteiger charge is -2.14. The Bertz CT molecular complexity index is 632. The van der Waals surface area contributed by atoms with E-state index in [-0.39, 0.29) is 17.5 Å². The SMILES string of the molecule is CC(C)NCc1cccc(F)c1Oc1ccc(Br)cc1F. The monoisotopic (exact) mass is 355 g/mol. The molecule has 2 aromatic carbocycles. The van der Waals surface area contributed by atoms with Crippen LogP contribution in [0.15, 0.2) is 40.9 Å². The van der Waals surface area contributed by atoms with Gasteiger partial charge in [0.15, 0.2) is 23.1 Å². The number of ether oxygens (including phenoxy) is 1. The van der Waals surface area contributed by atoms with Gasteiger partial charge in [-0.05, 0) is 24.3 Å². The topological polar surface area (TPSA) is 21.3 Å². The molecule has 0 radical (unpaired) electrons. The molecule has 0 aromatic heterocycles. The van der Waals surface area contributed by atoms with Crippen molar-refractivity contribution in [2.24, 2.45) is 0 Å². The molecule has 0 heterocycles. The molecule has 0 saturated heterocycles. The molecule has 2 nitrogen and oxygen atoms in total. The minimum atomic E-state index is -0.546. The average molecular weight is 356 g/mol. The predicted molar refractivity (Wildman–Crippen MR) is 82.5 cm³/mol. The van der Waals surface area contributed by atoms with Crippen LogP contribution in [0.5, 0.6) is 11.5 Å². The molecular formula is C16H16BrF2NO. The second-order valence-corrected chi connectivity index (χ2v) is 5.86. The van der Waals surface area contributed by atoms with E-state index in [1.165, 1.54) is 18.2 Å². The summed E-state index contributed by atoms with van der Waals surface area (Å²) in [6, 6.07) is 9.30. The van der Waals surface area contributed by atoms with Crippen LogP contribution >= 0.6 is 15.9 Å². The first-order chi connectivity index (χ1) is 9.97. The molecule has 0 fully saturated rings. The fourth-order valence-electron chi connectivity index (χ4n) is 1.79. The van der Waals surface area contributed by atoms with Crippen molar-refractivity contribution in [3.63, 3.8) is 0 Å². The Kier molecular flexibility index (Phi) is 5.31. The Morgan fingerprint density at radius 3 is 2.57 bits per heavy atom. The van der Waals surface area contributed by atoms with Gasteiger partial charge in [0, 0.05) is 22.6 Å². The zero-order valence-corrected chi connectivity index (χ0v) is 13.4. The van der Waals surface area contributed by atoms with Crippen molar-refractivity contribution in [3.05, 3.63) is 58.1 Å². The zero-order chi connectivity index (χ0) is 15.4. The van der Waals surface area contributed by atoms with Crippen LogP contribution in [-0.4, -0.2) is 6.04 Å². The average Bonchev–Trinajstić information content (AvgIpc) is 2.42. The van der Waals surface area contributed by atoms with Gasteiger partial charge in [-0.2, -0.15) is 0 Å². The van der Waals surface area contributed by atoms with Gasteiger partial charge in [-0.1, -0.05) is 41.9 Å². The molecule has 0 saturated carbocycles. The number of hydrogen-bond donors (Lipinski definition) is 1. The van der Waals surface area contributed by atoms with E-state index in [1.54, 1.807) is 18.2 Å². The Morgan fingerprint density at radius 1 is 1.14 bits per heavy atom. The first kappa shape index (κ1) is 15.9. The van der Waals surface area contributed by atoms with Gasteiger partial charge in [-0.15, -0.1) is 0 Å². The summed E-state index contributed by atoms with van der Waals surface area (Å²) in [5.41, 5.74) is 0.644. The summed E-state index contributed by atoms with van der Waals surface area (Å²) in [6.45, 7) is 4.44. The molecule has 0 aliphatic rings. The highest BCUT2D eigenvalue weighted by Gasteiger charge is 2.13. The van der Waals surface area contributed by atoms with Crippen LogP contribution < -0.4 is 10.1 Å². The molecule has 0 amide bonds. The van der Waals surface area contributed by atoms with Crippen molar-refractivity contribution in [1.29, 1.82) is 0 Å². The van der Waals surface area contributed by atoms with Crippen LogP contribution in [0.3, 0.4) is 0 Å². The van der Waals surface area contributed by atoms with Gasteiger partial charge in [-0.25, -0.2) is 8.78 Å². The Labute approximate surface area is 131 Å². The first-order valence-corrected chi connectivity index (χ1v) is 7.40. The number of nitrogens with one attached hydrogen (secondary N) is 1. The molecule has 1 N–H and O–H groups in total. The van der Waals surface area contributed by atoms with Crippen molar-refractivity contribution < 1.29 is 13.5 Å². The third kappa shape index (κ3) is 4.25. The fraction of sp³-hybridized carbons (Fsp3) is 0.250. The molecule has 5 heteroatoms. The highest BCUT2D eigenvalue weighted by atomic mass is 79.9. The van der Waals surface area contributed by atoms with Crippen molar-refractivity contribution in [2.75, 3.05) is 0 Å². The van der Waals surface area contributed by atoms with Crippen LogP contribution in [0.25, 0.3) is 0 Å². The number of halogens is 3. The van der Waals surface area contributed by atoms with Crippen LogP contribution in [0.4, 0.5) is 8.78 Å². The normalized spacial score (nSPS) is 11.0. The van der Waals surface area contributed by atoms with Gasteiger partial charge in [0.25, 0.3) is 0 Å². The standard InChI is InChI=1S/C16H16BrF2NO/c1-10(2)20-9-11-4-3-5-13(18)16(11)21-15-7-6-12(17)8-14(15)19/h3-8,10,20H,9H2,1-2H3. The summed E-state index contributed by atoms with van der Waals surface area (Å²) in [6.07, 6.45) is 0. The summed E-state index contributed by atoms with van der Waals surface area (Å²) >= 11 is 3.17. The number of para-hydroxylation sites is 1. The first-order valence-electron chi connectivity index (χ1n) is 6.61. The van der Waals surface area contributed by atoms with Gasteiger partial charge < -0.3 is 10.1 Å². The van der Waals surface area contributed by atoms with Gasteiger partial charge >= 0.3 is 0 Å².